The second-order valence-electron chi connectivity index (χ2n) is 4.85. The van der Waals surface area contributed by atoms with Gasteiger partial charge in [-0.05, 0) is 42.5 Å². The fraction of sp³-hybridized carbons (Fsp3) is 0.176. The number of hydrogen-bond donors (Lipinski definition) is 1. The zero-order valence-corrected chi connectivity index (χ0v) is 14.4. The number of hydrogen-bond acceptors (Lipinski definition) is 5. The zero-order valence-electron chi connectivity index (χ0n) is 13.6. The summed E-state index contributed by atoms with van der Waals surface area (Å²) in [4.78, 5) is 16.6. The molecule has 0 atom stereocenters. The fourth-order valence-electron chi connectivity index (χ4n) is 1.88. The van der Waals surface area contributed by atoms with Crippen LogP contribution >= 0.6 is 11.6 Å². The van der Waals surface area contributed by atoms with E-state index in [0.717, 1.165) is 0 Å². The van der Waals surface area contributed by atoms with E-state index in [9.17, 15) is 13.6 Å². The molecule has 2 aromatic rings. The first-order chi connectivity index (χ1) is 12.5. The van der Waals surface area contributed by atoms with E-state index < -0.39 is 12.5 Å². The van der Waals surface area contributed by atoms with Gasteiger partial charge in [-0.15, -0.1) is 0 Å². The number of nitrogens with one attached hydrogen (secondary N) is 1. The van der Waals surface area contributed by atoms with Gasteiger partial charge in [0.1, 0.15) is 0 Å². The summed E-state index contributed by atoms with van der Waals surface area (Å²) in [5.41, 5.74) is 1.09. The smallest absolute Gasteiger partial charge is 0.387 e. The molecule has 0 saturated heterocycles. The average molecular weight is 385 g/mol. The molecule has 0 unspecified atom stereocenters. The average Bonchev–Trinajstić information content (AvgIpc) is 2.61. The van der Waals surface area contributed by atoms with Gasteiger partial charge in [-0.25, -0.2) is 0 Å². The maximum Gasteiger partial charge on any atom is 0.387 e. The molecular weight excluding hydrogens is 370 g/mol. The second-order valence-corrected chi connectivity index (χ2v) is 5.29. The summed E-state index contributed by atoms with van der Waals surface area (Å²) in [6.07, 6.45) is 1.31. The Morgan fingerprint density at radius 3 is 2.62 bits per heavy atom. The number of halogens is 3. The van der Waals surface area contributed by atoms with Crippen molar-refractivity contribution in [2.24, 2.45) is 5.16 Å². The number of methoxy groups -OCH3 is 1. The molecule has 6 nitrogen and oxygen atoms in total. The monoisotopic (exact) mass is 384 g/mol. The Kier molecular flexibility index (Phi) is 7.16. The highest BCUT2D eigenvalue weighted by Crippen LogP contribution is 2.28. The van der Waals surface area contributed by atoms with Crippen LogP contribution in [-0.2, 0) is 9.63 Å². The van der Waals surface area contributed by atoms with Gasteiger partial charge in [0.2, 0.25) is 0 Å². The summed E-state index contributed by atoms with van der Waals surface area (Å²) < 4.78 is 33.8. The summed E-state index contributed by atoms with van der Waals surface area (Å²) >= 11 is 5.75. The number of carbonyl (C=O) groups excluding carboxylic acids is 1. The lowest BCUT2D eigenvalue weighted by molar-refractivity contribution is -0.120. The van der Waals surface area contributed by atoms with E-state index in [1.54, 1.807) is 24.3 Å². The number of ether oxygens (including phenoxy) is 2. The molecule has 0 aromatic heterocycles. The number of benzene rings is 2. The van der Waals surface area contributed by atoms with Crippen LogP contribution in [0.4, 0.5) is 14.5 Å². The van der Waals surface area contributed by atoms with Crippen LogP contribution in [0.2, 0.25) is 5.02 Å². The van der Waals surface area contributed by atoms with Crippen molar-refractivity contribution in [1.82, 2.24) is 0 Å². The second kappa shape index (κ2) is 9.57. The molecule has 0 saturated carbocycles. The standard InChI is InChI=1S/C17H15ClF2N2O4/c1-24-15-8-11(2-7-14(15)26-17(19)20)9-21-25-10-16(23)22-13-5-3-12(18)4-6-13/h2-9,17H,10H2,1H3,(H,22,23)/b21-9+. The van der Waals surface area contributed by atoms with E-state index in [0.29, 0.717) is 16.3 Å². The number of carbonyl (C=O) groups is 1. The first-order valence-electron chi connectivity index (χ1n) is 7.31. The Morgan fingerprint density at radius 1 is 1.23 bits per heavy atom. The summed E-state index contributed by atoms with van der Waals surface area (Å²) in [6, 6.07) is 10.8. The predicted octanol–water partition coefficient (Wildman–Crippen LogP) is 3.94. The molecule has 2 rings (SSSR count). The van der Waals surface area contributed by atoms with E-state index in [1.807, 2.05) is 0 Å². The third-order valence-corrected chi connectivity index (χ3v) is 3.26. The third-order valence-electron chi connectivity index (χ3n) is 3.00. The van der Waals surface area contributed by atoms with Gasteiger partial charge in [0.25, 0.3) is 5.91 Å². The van der Waals surface area contributed by atoms with Gasteiger partial charge in [0.15, 0.2) is 18.1 Å². The van der Waals surface area contributed by atoms with Gasteiger partial charge < -0.3 is 19.6 Å². The highest BCUT2D eigenvalue weighted by Gasteiger charge is 2.10. The molecule has 0 aliphatic carbocycles. The van der Waals surface area contributed by atoms with E-state index in [4.69, 9.17) is 21.2 Å². The minimum atomic E-state index is -2.95. The molecule has 0 aliphatic heterocycles. The SMILES string of the molecule is COc1cc(/C=N/OCC(=O)Nc2ccc(Cl)cc2)ccc1OC(F)F. The van der Waals surface area contributed by atoms with Crippen molar-refractivity contribution in [3.8, 4) is 11.5 Å². The summed E-state index contributed by atoms with van der Waals surface area (Å²) in [7, 11) is 1.33. The van der Waals surface area contributed by atoms with Gasteiger partial charge in [0, 0.05) is 16.3 Å². The molecule has 0 fully saturated rings. The summed E-state index contributed by atoms with van der Waals surface area (Å²) in [5.74, 6) is -0.375. The van der Waals surface area contributed by atoms with Crippen molar-refractivity contribution in [2.45, 2.75) is 6.61 Å². The largest absolute Gasteiger partial charge is 0.493 e. The molecule has 0 bridgehead atoms. The van der Waals surface area contributed by atoms with E-state index in [1.165, 1.54) is 31.5 Å². The van der Waals surface area contributed by atoms with Crippen molar-refractivity contribution in [2.75, 3.05) is 19.0 Å². The van der Waals surface area contributed by atoms with Crippen LogP contribution in [0.15, 0.2) is 47.6 Å². The van der Waals surface area contributed by atoms with Gasteiger partial charge in [0.05, 0.1) is 13.3 Å². The molecule has 1 amide bonds. The number of oxime groups is 1. The molecular formula is C17H15ClF2N2O4. The number of nitrogens with zero attached hydrogens (tertiary/aromatic N) is 1. The molecule has 26 heavy (non-hydrogen) atoms. The molecule has 138 valence electrons. The topological polar surface area (TPSA) is 69.2 Å². The molecule has 0 spiro atoms. The van der Waals surface area contributed by atoms with Crippen molar-refractivity contribution in [3.05, 3.63) is 53.1 Å². The van der Waals surface area contributed by atoms with Crippen LogP contribution in [0.3, 0.4) is 0 Å². The third kappa shape index (κ3) is 6.21. The van der Waals surface area contributed by atoms with Gasteiger partial charge in [-0.2, -0.15) is 8.78 Å². The molecule has 0 aliphatic rings. The highest BCUT2D eigenvalue weighted by molar-refractivity contribution is 6.30. The lowest BCUT2D eigenvalue weighted by Gasteiger charge is -2.09. The van der Waals surface area contributed by atoms with Crippen LogP contribution in [-0.4, -0.2) is 32.4 Å². The fourth-order valence-corrected chi connectivity index (χ4v) is 2.01. The number of alkyl halides is 2. The van der Waals surface area contributed by atoms with Crippen molar-refractivity contribution in [3.63, 3.8) is 0 Å². The van der Waals surface area contributed by atoms with E-state index in [-0.39, 0.29) is 18.1 Å². The number of rotatable bonds is 8. The quantitative estimate of drug-likeness (QED) is 0.553. The molecule has 0 radical (unpaired) electrons. The van der Waals surface area contributed by atoms with Gasteiger partial charge in [-0.1, -0.05) is 16.8 Å². The summed E-state index contributed by atoms with van der Waals surface area (Å²) in [5, 5.41) is 6.82. The summed E-state index contributed by atoms with van der Waals surface area (Å²) in [6.45, 7) is -3.26. The van der Waals surface area contributed by atoms with Gasteiger partial charge in [-0.3, -0.25) is 4.79 Å². The molecule has 1 N–H and O–H groups in total. The van der Waals surface area contributed by atoms with Crippen LogP contribution in [0.5, 0.6) is 11.5 Å². The van der Waals surface area contributed by atoms with Crippen LogP contribution < -0.4 is 14.8 Å². The first-order valence-corrected chi connectivity index (χ1v) is 7.69. The van der Waals surface area contributed by atoms with Crippen molar-refractivity contribution >= 4 is 29.4 Å². The van der Waals surface area contributed by atoms with Crippen molar-refractivity contribution < 1.29 is 27.9 Å². The minimum absolute atomic E-state index is 0.0945. The lowest BCUT2D eigenvalue weighted by atomic mass is 10.2. The Morgan fingerprint density at radius 2 is 1.96 bits per heavy atom. The Balaban J connectivity index is 1.85. The minimum Gasteiger partial charge on any atom is -0.493 e. The number of amides is 1. The van der Waals surface area contributed by atoms with Crippen LogP contribution in [0.25, 0.3) is 0 Å². The Bertz CT molecular complexity index is 770. The molecule has 0 heterocycles. The Labute approximate surface area is 153 Å². The molecule has 9 heteroatoms. The van der Waals surface area contributed by atoms with Gasteiger partial charge >= 0.3 is 6.61 Å². The molecule has 2 aromatic carbocycles. The lowest BCUT2D eigenvalue weighted by Crippen LogP contribution is -2.16. The Hall–Kier alpha value is -2.87. The normalized spacial score (nSPS) is 10.8. The van der Waals surface area contributed by atoms with E-state index >= 15 is 0 Å². The number of anilines is 1. The van der Waals surface area contributed by atoms with Crippen LogP contribution in [0, 0.1) is 0 Å². The first kappa shape index (κ1) is 19.5. The van der Waals surface area contributed by atoms with Crippen molar-refractivity contribution in [1.29, 1.82) is 0 Å². The highest BCUT2D eigenvalue weighted by atomic mass is 35.5. The van der Waals surface area contributed by atoms with Crippen LogP contribution in [0.1, 0.15) is 5.56 Å². The predicted molar refractivity (Wildman–Crippen MR) is 93.3 cm³/mol. The zero-order chi connectivity index (χ0) is 18.9. The van der Waals surface area contributed by atoms with E-state index in [2.05, 4.69) is 15.2 Å². The maximum atomic E-state index is 12.3. The maximum absolute atomic E-state index is 12.3.